The van der Waals surface area contributed by atoms with Crippen LogP contribution >= 0.6 is 7.26 Å². The van der Waals surface area contributed by atoms with E-state index in [1.165, 1.54) is 37.7 Å². The summed E-state index contributed by atoms with van der Waals surface area (Å²) in [5.41, 5.74) is 0. The Morgan fingerprint density at radius 1 is 0.750 bits per heavy atom. The molecule has 0 heterocycles. The fourth-order valence-corrected chi connectivity index (χ4v) is 5.86. The smallest absolute Gasteiger partial charge is 0.0589 e. The summed E-state index contributed by atoms with van der Waals surface area (Å²) in [5, 5.41) is 0. The van der Waals surface area contributed by atoms with Gasteiger partial charge in [-0.05, 0) is 19.3 Å². The van der Waals surface area contributed by atoms with Gasteiger partial charge in [-0.1, -0.05) is 20.8 Å². The maximum Gasteiger partial charge on any atom is 0.0589 e. The van der Waals surface area contributed by atoms with Crippen molar-refractivity contribution in [2.45, 2.75) is 40.0 Å². The van der Waals surface area contributed by atoms with Crippen molar-refractivity contribution in [3.05, 3.63) is 0 Å². The maximum absolute atomic E-state index is 2.56. The van der Waals surface area contributed by atoms with E-state index in [9.17, 15) is 0 Å². The van der Waals surface area contributed by atoms with Crippen LogP contribution in [0.2, 0.25) is 0 Å². The molecule has 0 saturated carbocycles. The first-order valence-electron chi connectivity index (χ1n) is 5.02. The minimum absolute atomic E-state index is 0. The van der Waals surface area contributed by atoms with Gasteiger partial charge in [-0.15, -0.1) is 0 Å². The second-order valence-electron chi connectivity index (χ2n) is 3.79. The Morgan fingerprint density at radius 3 is 1.17 bits per heavy atom. The van der Waals surface area contributed by atoms with Gasteiger partial charge in [-0.25, -0.2) is 0 Å². The van der Waals surface area contributed by atoms with Gasteiger partial charge >= 0.3 is 0 Å². The van der Waals surface area contributed by atoms with E-state index in [1.807, 2.05) is 0 Å². The molecule has 0 aliphatic rings. The van der Waals surface area contributed by atoms with E-state index in [4.69, 9.17) is 0 Å². The molecule has 0 amide bonds. The topological polar surface area (TPSA) is 0 Å². The lowest BCUT2D eigenvalue weighted by atomic mass is 10.6. The van der Waals surface area contributed by atoms with Gasteiger partial charge in [0, 0.05) is 13.9 Å². The molecule has 0 rings (SSSR count). The summed E-state index contributed by atoms with van der Waals surface area (Å²) in [6, 6.07) is 0. The summed E-state index contributed by atoms with van der Waals surface area (Å²) < 4.78 is 0. The molecule has 0 radical (unpaired) electrons. The van der Waals surface area contributed by atoms with Gasteiger partial charge in [0.2, 0.25) is 0 Å². The summed E-state index contributed by atoms with van der Waals surface area (Å²) in [6.45, 7) is 9.53. The first-order valence-corrected chi connectivity index (χ1v) is 7.81. The minimum Gasteiger partial charge on any atom is -1.00 e. The van der Waals surface area contributed by atoms with E-state index in [1.54, 1.807) is 0 Å². The third-order valence-electron chi connectivity index (χ3n) is 2.29. The SMILES string of the molecule is CCC[P+](C)(CCC)CCC.[I-]. The molecule has 0 atom stereocenters. The van der Waals surface area contributed by atoms with Crippen LogP contribution in [-0.2, 0) is 0 Å². The van der Waals surface area contributed by atoms with E-state index >= 15 is 0 Å². The highest BCUT2D eigenvalue weighted by Gasteiger charge is 2.27. The molecular weight excluding hydrogens is 278 g/mol. The molecule has 0 aromatic heterocycles. The van der Waals surface area contributed by atoms with Crippen molar-refractivity contribution in [3.63, 3.8) is 0 Å². The summed E-state index contributed by atoms with van der Waals surface area (Å²) in [4.78, 5) is 0. The molecule has 0 nitrogen and oxygen atoms in total. The molecule has 0 aromatic rings. The van der Waals surface area contributed by atoms with Gasteiger partial charge in [0.15, 0.2) is 0 Å². The lowest BCUT2D eigenvalue weighted by molar-refractivity contribution is -0.00000276. The van der Waals surface area contributed by atoms with E-state index in [-0.39, 0.29) is 24.0 Å². The highest BCUT2D eigenvalue weighted by atomic mass is 127. The highest BCUT2D eigenvalue weighted by Crippen LogP contribution is 2.56. The van der Waals surface area contributed by atoms with Gasteiger partial charge in [0.05, 0.1) is 18.5 Å². The first-order chi connectivity index (χ1) is 5.18. The third kappa shape index (κ3) is 6.65. The zero-order chi connectivity index (χ0) is 8.74. The second-order valence-corrected chi connectivity index (χ2v) is 8.37. The van der Waals surface area contributed by atoms with Crippen LogP contribution in [0, 0.1) is 0 Å². The van der Waals surface area contributed by atoms with Gasteiger partial charge in [-0.3, -0.25) is 0 Å². The fraction of sp³-hybridized carbons (Fsp3) is 1.00. The van der Waals surface area contributed by atoms with Crippen molar-refractivity contribution in [1.29, 1.82) is 0 Å². The molecule has 0 N–H and O–H groups in total. The van der Waals surface area contributed by atoms with Crippen LogP contribution in [0.15, 0.2) is 0 Å². The Kier molecular flexibility index (Phi) is 11.4. The van der Waals surface area contributed by atoms with Crippen molar-refractivity contribution in [3.8, 4) is 0 Å². The standard InChI is InChI=1S/C10H24P.HI/c1-5-8-11(4,9-6-2)10-7-3;/h5-10H2,1-4H3;1H/q+1;/p-1. The molecule has 0 aromatic carbocycles. The predicted octanol–water partition coefficient (Wildman–Crippen LogP) is 0.868. The van der Waals surface area contributed by atoms with Crippen LogP contribution in [0.4, 0.5) is 0 Å². The van der Waals surface area contributed by atoms with Gasteiger partial charge < -0.3 is 24.0 Å². The predicted molar refractivity (Wildman–Crippen MR) is 58.3 cm³/mol. The maximum atomic E-state index is 2.56. The molecule has 0 aliphatic carbocycles. The fourth-order valence-electron chi connectivity index (χ4n) is 1.95. The molecular formula is C10H24IP. The highest BCUT2D eigenvalue weighted by molar-refractivity contribution is 7.75. The van der Waals surface area contributed by atoms with E-state index in [0.29, 0.717) is 0 Å². The first kappa shape index (κ1) is 15.6. The van der Waals surface area contributed by atoms with Crippen LogP contribution in [0.1, 0.15) is 40.0 Å². The molecule has 0 fully saturated rings. The summed E-state index contributed by atoms with van der Waals surface area (Å²) in [7, 11) is -0.469. The van der Waals surface area contributed by atoms with Gasteiger partial charge in [0.25, 0.3) is 0 Å². The zero-order valence-corrected chi connectivity index (χ0v) is 12.1. The average Bonchev–Trinajstić information content (AvgIpc) is 1.88. The number of hydrogen-bond acceptors (Lipinski definition) is 0. The summed E-state index contributed by atoms with van der Waals surface area (Å²) in [6.07, 6.45) is 8.75. The summed E-state index contributed by atoms with van der Waals surface area (Å²) in [5.74, 6) is 0. The van der Waals surface area contributed by atoms with Crippen LogP contribution in [-0.4, -0.2) is 25.2 Å². The second kappa shape index (κ2) is 8.74. The quantitative estimate of drug-likeness (QED) is 0.504. The average molecular weight is 302 g/mol. The van der Waals surface area contributed by atoms with Crippen molar-refractivity contribution < 1.29 is 24.0 Å². The lowest BCUT2D eigenvalue weighted by Gasteiger charge is -2.21. The van der Waals surface area contributed by atoms with Crippen LogP contribution < -0.4 is 24.0 Å². The normalized spacial score (nSPS) is 11.0. The third-order valence-corrected chi connectivity index (χ3v) is 6.87. The number of halogens is 1. The monoisotopic (exact) mass is 302 g/mol. The van der Waals surface area contributed by atoms with Crippen molar-refractivity contribution in [2.24, 2.45) is 0 Å². The summed E-state index contributed by atoms with van der Waals surface area (Å²) >= 11 is 0. The molecule has 2 heteroatoms. The Hall–Kier alpha value is 1.16. The Bertz CT molecular complexity index is 76.8. The van der Waals surface area contributed by atoms with Crippen LogP contribution in [0.25, 0.3) is 0 Å². The van der Waals surface area contributed by atoms with Crippen molar-refractivity contribution >= 4 is 7.26 Å². The van der Waals surface area contributed by atoms with Crippen LogP contribution in [0.3, 0.4) is 0 Å². The largest absolute Gasteiger partial charge is 1.00 e. The molecule has 0 unspecified atom stereocenters. The molecule has 0 saturated heterocycles. The zero-order valence-electron chi connectivity index (χ0n) is 9.07. The van der Waals surface area contributed by atoms with Crippen LogP contribution in [0.5, 0.6) is 0 Å². The number of hydrogen-bond donors (Lipinski definition) is 0. The van der Waals surface area contributed by atoms with E-state index < -0.39 is 7.26 Å². The Labute approximate surface area is 96.3 Å². The molecule has 12 heavy (non-hydrogen) atoms. The van der Waals surface area contributed by atoms with Crippen molar-refractivity contribution in [1.82, 2.24) is 0 Å². The van der Waals surface area contributed by atoms with E-state index in [2.05, 4.69) is 27.4 Å². The molecule has 76 valence electrons. The Balaban J connectivity index is 0. The van der Waals surface area contributed by atoms with Gasteiger partial charge in [0.1, 0.15) is 0 Å². The molecule has 0 aliphatic heterocycles. The van der Waals surface area contributed by atoms with Crippen molar-refractivity contribution in [2.75, 3.05) is 25.2 Å². The molecule has 0 bridgehead atoms. The number of rotatable bonds is 6. The molecule has 0 spiro atoms. The Morgan fingerprint density at radius 2 is 1.00 bits per heavy atom. The van der Waals surface area contributed by atoms with E-state index in [0.717, 1.165) is 0 Å². The lowest BCUT2D eigenvalue weighted by Crippen LogP contribution is -3.00. The minimum atomic E-state index is -0.469. The van der Waals surface area contributed by atoms with Gasteiger partial charge in [-0.2, -0.15) is 0 Å².